The van der Waals surface area contributed by atoms with Crippen molar-refractivity contribution >= 4 is 21.9 Å². The Kier molecular flexibility index (Phi) is 6.50. The number of amides is 1. The highest BCUT2D eigenvalue weighted by atomic mass is 32.2. The topological polar surface area (TPSA) is 92.3 Å². The number of benzene rings is 2. The van der Waals surface area contributed by atoms with E-state index in [0.717, 1.165) is 32.4 Å². The van der Waals surface area contributed by atoms with E-state index in [0.29, 0.717) is 17.6 Å². The predicted molar refractivity (Wildman–Crippen MR) is 123 cm³/mol. The zero-order chi connectivity index (χ0) is 22.6. The van der Waals surface area contributed by atoms with Gasteiger partial charge in [0, 0.05) is 19.3 Å². The summed E-state index contributed by atoms with van der Waals surface area (Å²) in [7, 11) is -3.95. The molecule has 1 aliphatic heterocycles. The van der Waals surface area contributed by atoms with Gasteiger partial charge in [-0.15, -0.1) is 0 Å². The third-order valence-corrected chi connectivity index (χ3v) is 7.10. The van der Waals surface area contributed by atoms with Gasteiger partial charge in [-0.05, 0) is 49.8 Å². The van der Waals surface area contributed by atoms with Crippen LogP contribution < -0.4 is 9.62 Å². The zero-order valence-corrected chi connectivity index (χ0v) is 18.8. The van der Waals surface area contributed by atoms with E-state index in [1.165, 1.54) is 23.9 Å². The van der Waals surface area contributed by atoms with Gasteiger partial charge in [0.2, 0.25) is 5.95 Å². The zero-order valence-electron chi connectivity index (χ0n) is 17.9. The fourth-order valence-corrected chi connectivity index (χ4v) is 4.94. The van der Waals surface area contributed by atoms with Crippen LogP contribution in [0.3, 0.4) is 0 Å². The van der Waals surface area contributed by atoms with Crippen LogP contribution in [0.25, 0.3) is 0 Å². The molecule has 1 amide bonds. The summed E-state index contributed by atoms with van der Waals surface area (Å²) >= 11 is 0. The second kappa shape index (κ2) is 9.48. The number of hydrogen-bond acceptors (Lipinski definition) is 6. The Morgan fingerprint density at radius 1 is 1.03 bits per heavy atom. The molecule has 0 radical (unpaired) electrons. The van der Waals surface area contributed by atoms with E-state index in [-0.39, 0.29) is 10.5 Å². The standard InChI is InChI=1S/C24H26N4O3S/c1-18-22(23(29)27-32(30,31)21-10-6-3-7-11-21)17-25-24(26-18)28-14-12-20(13-15-28)16-19-8-4-2-5-9-19/h2-11,17,20H,12-16H2,1H3,(H,27,29). The molecule has 0 spiro atoms. The number of nitrogens with zero attached hydrogens (tertiary/aromatic N) is 3. The molecule has 8 heteroatoms. The number of anilines is 1. The molecule has 0 saturated carbocycles. The molecule has 2 aromatic carbocycles. The molecular weight excluding hydrogens is 424 g/mol. The summed E-state index contributed by atoms with van der Waals surface area (Å²) in [6.45, 7) is 3.40. The number of sulfonamides is 1. The molecule has 166 valence electrons. The largest absolute Gasteiger partial charge is 0.341 e. The fourth-order valence-electron chi connectivity index (χ4n) is 3.95. The summed E-state index contributed by atoms with van der Waals surface area (Å²) in [4.78, 5) is 23.6. The van der Waals surface area contributed by atoms with Crippen molar-refractivity contribution in [2.75, 3.05) is 18.0 Å². The van der Waals surface area contributed by atoms with Crippen molar-refractivity contribution in [2.45, 2.75) is 31.1 Å². The van der Waals surface area contributed by atoms with Gasteiger partial charge in [0.25, 0.3) is 15.9 Å². The van der Waals surface area contributed by atoms with Crippen LogP contribution in [0.2, 0.25) is 0 Å². The van der Waals surface area contributed by atoms with E-state index in [2.05, 4.69) is 43.9 Å². The number of aromatic nitrogens is 2. The normalized spacial score (nSPS) is 14.8. The van der Waals surface area contributed by atoms with E-state index >= 15 is 0 Å². The Hall–Kier alpha value is -3.26. The molecule has 0 unspecified atom stereocenters. The summed E-state index contributed by atoms with van der Waals surface area (Å²) < 4.78 is 26.9. The van der Waals surface area contributed by atoms with Crippen LogP contribution in [0.15, 0.2) is 71.8 Å². The SMILES string of the molecule is Cc1nc(N2CCC(Cc3ccccc3)CC2)ncc1C(=O)NS(=O)(=O)c1ccccc1. The van der Waals surface area contributed by atoms with Crippen molar-refractivity contribution in [1.29, 1.82) is 0 Å². The van der Waals surface area contributed by atoms with Crippen LogP contribution >= 0.6 is 0 Å². The number of carbonyl (C=O) groups is 1. The maximum atomic E-state index is 12.6. The first-order valence-electron chi connectivity index (χ1n) is 10.7. The van der Waals surface area contributed by atoms with Gasteiger partial charge in [-0.25, -0.2) is 23.1 Å². The lowest BCUT2D eigenvalue weighted by Crippen LogP contribution is -2.36. The molecule has 0 atom stereocenters. The molecule has 0 bridgehead atoms. The van der Waals surface area contributed by atoms with Gasteiger partial charge in [0.05, 0.1) is 16.2 Å². The highest BCUT2D eigenvalue weighted by molar-refractivity contribution is 7.90. The Morgan fingerprint density at radius 3 is 2.28 bits per heavy atom. The lowest BCUT2D eigenvalue weighted by atomic mass is 9.90. The Bertz CT molecular complexity index is 1180. The first-order valence-corrected chi connectivity index (χ1v) is 12.2. The third-order valence-electron chi connectivity index (χ3n) is 5.76. The highest BCUT2D eigenvalue weighted by Crippen LogP contribution is 2.24. The van der Waals surface area contributed by atoms with Crippen LogP contribution in [0, 0.1) is 12.8 Å². The quantitative estimate of drug-likeness (QED) is 0.619. The van der Waals surface area contributed by atoms with Crippen molar-refractivity contribution in [2.24, 2.45) is 5.92 Å². The average molecular weight is 451 g/mol. The molecule has 1 fully saturated rings. The number of nitrogens with one attached hydrogen (secondary N) is 1. The molecule has 1 aromatic heterocycles. The van der Waals surface area contributed by atoms with E-state index < -0.39 is 15.9 Å². The first kappa shape index (κ1) is 22.0. The summed E-state index contributed by atoms with van der Waals surface area (Å²) in [6, 6.07) is 18.3. The first-order chi connectivity index (χ1) is 15.4. The molecule has 0 aliphatic carbocycles. The summed E-state index contributed by atoms with van der Waals surface area (Å²) in [5.41, 5.74) is 1.95. The van der Waals surface area contributed by atoms with E-state index in [1.807, 2.05) is 6.07 Å². The fraction of sp³-hybridized carbons (Fsp3) is 0.292. The minimum atomic E-state index is -3.95. The minimum Gasteiger partial charge on any atom is -0.341 e. The molecule has 4 rings (SSSR count). The Morgan fingerprint density at radius 2 is 1.66 bits per heavy atom. The summed E-state index contributed by atoms with van der Waals surface area (Å²) in [5, 5.41) is 0. The van der Waals surface area contributed by atoms with Gasteiger partial charge in [-0.3, -0.25) is 4.79 Å². The second-order valence-electron chi connectivity index (χ2n) is 8.04. The van der Waals surface area contributed by atoms with Gasteiger partial charge in [-0.1, -0.05) is 48.5 Å². The maximum absolute atomic E-state index is 12.6. The number of piperidine rings is 1. The van der Waals surface area contributed by atoms with Gasteiger partial charge in [-0.2, -0.15) is 0 Å². The van der Waals surface area contributed by atoms with Crippen LogP contribution in [0.4, 0.5) is 5.95 Å². The van der Waals surface area contributed by atoms with Gasteiger partial charge >= 0.3 is 0 Å². The van der Waals surface area contributed by atoms with Gasteiger partial charge < -0.3 is 4.90 Å². The number of carbonyl (C=O) groups excluding carboxylic acids is 1. The predicted octanol–water partition coefficient (Wildman–Crippen LogP) is 3.36. The number of aryl methyl sites for hydroxylation is 1. The van der Waals surface area contributed by atoms with Crippen molar-refractivity contribution in [1.82, 2.24) is 14.7 Å². The molecular formula is C24H26N4O3S. The van der Waals surface area contributed by atoms with Crippen LogP contribution in [0.5, 0.6) is 0 Å². The Labute approximate surface area is 188 Å². The lowest BCUT2D eigenvalue weighted by molar-refractivity contribution is 0.0980. The van der Waals surface area contributed by atoms with Gasteiger partial charge in [0.15, 0.2) is 0 Å². The highest BCUT2D eigenvalue weighted by Gasteiger charge is 2.24. The van der Waals surface area contributed by atoms with Gasteiger partial charge in [0.1, 0.15) is 0 Å². The number of rotatable bonds is 6. The van der Waals surface area contributed by atoms with Crippen molar-refractivity contribution in [3.63, 3.8) is 0 Å². The summed E-state index contributed by atoms with van der Waals surface area (Å²) in [5.74, 6) is 0.464. The molecule has 7 nitrogen and oxygen atoms in total. The monoisotopic (exact) mass is 450 g/mol. The number of hydrogen-bond donors (Lipinski definition) is 1. The summed E-state index contributed by atoms with van der Waals surface area (Å²) in [6.07, 6.45) is 4.58. The molecule has 32 heavy (non-hydrogen) atoms. The Balaban J connectivity index is 1.39. The van der Waals surface area contributed by atoms with E-state index in [4.69, 9.17) is 0 Å². The second-order valence-corrected chi connectivity index (χ2v) is 9.72. The van der Waals surface area contributed by atoms with Crippen molar-refractivity contribution < 1.29 is 13.2 Å². The molecule has 2 heterocycles. The molecule has 1 N–H and O–H groups in total. The molecule has 1 saturated heterocycles. The van der Waals surface area contributed by atoms with Crippen LogP contribution in [-0.2, 0) is 16.4 Å². The van der Waals surface area contributed by atoms with E-state index in [9.17, 15) is 13.2 Å². The molecule has 3 aromatic rings. The smallest absolute Gasteiger partial charge is 0.268 e. The van der Waals surface area contributed by atoms with Crippen LogP contribution in [-0.4, -0.2) is 37.4 Å². The lowest BCUT2D eigenvalue weighted by Gasteiger charge is -2.32. The maximum Gasteiger partial charge on any atom is 0.268 e. The van der Waals surface area contributed by atoms with E-state index in [1.54, 1.807) is 25.1 Å². The van der Waals surface area contributed by atoms with Crippen LogP contribution in [0.1, 0.15) is 34.5 Å². The van der Waals surface area contributed by atoms with Crippen molar-refractivity contribution in [3.05, 3.63) is 83.7 Å². The molecule has 1 aliphatic rings. The van der Waals surface area contributed by atoms with Crippen molar-refractivity contribution in [3.8, 4) is 0 Å². The third kappa shape index (κ3) is 5.13. The minimum absolute atomic E-state index is 0.0296. The average Bonchev–Trinajstić information content (AvgIpc) is 2.80.